The second-order valence-electron chi connectivity index (χ2n) is 5.31. The Morgan fingerprint density at radius 3 is 2.78 bits per heavy atom. The number of rotatable bonds is 3. The maximum absolute atomic E-state index is 12.3. The molecule has 0 aliphatic carbocycles. The topological polar surface area (TPSA) is 67.4 Å². The lowest BCUT2D eigenvalue weighted by atomic mass is 10.1. The molecule has 1 saturated heterocycles. The van der Waals surface area contributed by atoms with Crippen LogP contribution in [0.15, 0.2) is 42.6 Å². The lowest BCUT2D eigenvalue weighted by Gasteiger charge is -2.31. The average molecular weight is 333 g/mol. The fourth-order valence-corrected chi connectivity index (χ4v) is 2.66. The van der Waals surface area contributed by atoms with E-state index in [9.17, 15) is 4.79 Å². The van der Waals surface area contributed by atoms with E-state index in [0.717, 1.165) is 12.8 Å². The molecule has 3 rings (SSSR count). The molecule has 1 N–H and O–H groups in total. The van der Waals surface area contributed by atoms with Gasteiger partial charge in [0.2, 0.25) is 5.88 Å². The molecule has 2 heterocycles. The Morgan fingerprint density at radius 1 is 1.26 bits per heavy atom. The fraction of sp³-hybridized carbons (Fsp3) is 0.312. The molecular formula is C16H17ClN4O2. The molecule has 2 amide bonds. The van der Waals surface area contributed by atoms with Gasteiger partial charge in [-0.05, 0) is 24.3 Å². The zero-order valence-corrected chi connectivity index (χ0v) is 13.2. The number of carbonyl (C=O) groups excluding carboxylic acids is 1. The highest BCUT2D eigenvalue weighted by atomic mass is 35.5. The number of aromatic nitrogens is 2. The number of ether oxygens (including phenoxy) is 1. The van der Waals surface area contributed by atoms with Gasteiger partial charge in [-0.2, -0.15) is 5.10 Å². The van der Waals surface area contributed by atoms with Gasteiger partial charge < -0.3 is 15.0 Å². The molecule has 0 saturated carbocycles. The number of nitrogens with one attached hydrogen (secondary N) is 1. The van der Waals surface area contributed by atoms with E-state index in [1.807, 2.05) is 6.07 Å². The number of hydrogen-bond acceptors (Lipinski definition) is 4. The van der Waals surface area contributed by atoms with Crippen LogP contribution in [0, 0.1) is 0 Å². The van der Waals surface area contributed by atoms with Gasteiger partial charge in [-0.25, -0.2) is 4.79 Å². The van der Waals surface area contributed by atoms with E-state index in [4.69, 9.17) is 16.3 Å². The van der Waals surface area contributed by atoms with Gasteiger partial charge in [-0.15, -0.1) is 5.10 Å². The van der Waals surface area contributed by atoms with Crippen molar-refractivity contribution in [3.8, 4) is 5.88 Å². The van der Waals surface area contributed by atoms with Crippen LogP contribution in [-0.2, 0) is 0 Å². The predicted molar refractivity (Wildman–Crippen MR) is 87.7 cm³/mol. The summed E-state index contributed by atoms with van der Waals surface area (Å²) in [5.41, 5.74) is 0.695. The van der Waals surface area contributed by atoms with E-state index in [-0.39, 0.29) is 12.1 Å². The maximum Gasteiger partial charge on any atom is 0.321 e. The number of anilines is 1. The third kappa shape index (κ3) is 4.32. The van der Waals surface area contributed by atoms with Crippen LogP contribution < -0.4 is 10.1 Å². The van der Waals surface area contributed by atoms with E-state index in [2.05, 4.69) is 15.5 Å². The van der Waals surface area contributed by atoms with Gasteiger partial charge >= 0.3 is 6.03 Å². The van der Waals surface area contributed by atoms with Crippen molar-refractivity contribution in [2.24, 2.45) is 0 Å². The first-order valence-corrected chi connectivity index (χ1v) is 7.84. The van der Waals surface area contributed by atoms with E-state index >= 15 is 0 Å². The van der Waals surface area contributed by atoms with E-state index in [1.165, 1.54) is 0 Å². The summed E-state index contributed by atoms with van der Waals surface area (Å²) in [4.78, 5) is 14.0. The lowest BCUT2D eigenvalue weighted by Crippen LogP contribution is -2.43. The van der Waals surface area contributed by atoms with Gasteiger partial charge in [0, 0.05) is 48.9 Å². The number of urea groups is 1. The molecular weight excluding hydrogens is 316 g/mol. The number of carbonyl (C=O) groups is 1. The quantitative estimate of drug-likeness (QED) is 0.937. The van der Waals surface area contributed by atoms with Crippen LogP contribution in [0.1, 0.15) is 12.8 Å². The standard InChI is InChI=1S/C16H17ClN4O2/c17-12-3-1-4-13(11-12)19-16(22)21-9-6-14(7-10-21)23-15-5-2-8-18-20-15/h1-5,8,11,14H,6-7,9-10H2,(H,19,22). The summed E-state index contributed by atoms with van der Waals surface area (Å²) in [5, 5.41) is 11.2. The Kier molecular flexibility index (Phi) is 4.92. The molecule has 0 radical (unpaired) electrons. The van der Waals surface area contributed by atoms with E-state index in [0.29, 0.717) is 29.7 Å². The lowest BCUT2D eigenvalue weighted by molar-refractivity contribution is 0.110. The molecule has 2 aromatic rings. The van der Waals surface area contributed by atoms with Gasteiger partial charge in [-0.1, -0.05) is 17.7 Å². The Hall–Kier alpha value is -2.34. The molecule has 0 atom stereocenters. The molecule has 7 heteroatoms. The van der Waals surface area contributed by atoms with Crippen molar-refractivity contribution in [1.29, 1.82) is 0 Å². The fourth-order valence-electron chi connectivity index (χ4n) is 2.47. The van der Waals surface area contributed by atoms with Crippen molar-refractivity contribution in [2.75, 3.05) is 18.4 Å². The molecule has 1 aliphatic heterocycles. The van der Waals surface area contributed by atoms with Crippen molar-refractivity contribution in [2.45, 2.75) is 18.9 Å². The maximum atomic E-state index is 12.3. The number of halogens is 1. The first-order chi connectivity index (χ1) is 11.2. The van der Waals surface area contributed by atoms with Crippen molar-refractivity contribution in [3.63, 3.8) is 0 Å². The average Bonchev–Trinajstić information content (AvgIpc) is 2.56. The zero-order chi connectivity index (χ0) is 16.1. The molecule has 120 valence electrons. The van der Waals surface area contributed by atoms with Crippen LogP contribution in [-0.4, -0.2) is 40.3 Å². The summed E-state index contributed by atoms with van der Waals surface area (Å²) < 4.78 is 5.77. The number of likely N-dealkylation sites (tertiary alicyclic amines) is 1. The van der Waals surface area contributed by atoms with Crippen LogP contribution in [0.3, 0.4) is 0 Å². The normalized spacial score (nSPS) is 15.3. The number of piperidine rings is 1. The van der Waals surface area contributed by atoms with E-state index < -0.39 is 0 Å². The summed E-state index contributed by atoms with van der Waals surface area (Å²) in [7, 11) is 0. The Labute approximate surface area is 139 Å². The second-order valence-corrected chi connectivity index (χ2v) is 5.74. The smallest absolute Gasteiger partial charge is 0.321 e. The summed E-state index contributed by atoms with van der Waals surface area (Å²) in [6, 6.07) is 10.6. The minimum Gasteiger partial charge on any atom is -0.473 e. The van der Waals surface area contributed by atoms with Crippen LogP contribution in [0.4, 0.5) is 10.5 Å². The zero-order valence-electron chi connectivity index (χ0n) is 12.5. The highest BCUT2D eigenvalue weighted by Crippen LogP contribution is 2.19. The van der Waals surface area contributed by atoms with Crippen molar-refractivity contribution in [3.05, 3.63) is 47.6 Å². The summed E-state index contributed by atoms with van der Waals surface area (Å²) in [6.45, 7) is 1.27. The highest BCUT2D eigenvalue weighted by molar-refractivity contribution is 6.30. The first-order valence-electron chi connectivity index (χ1n) is 7.46. The van der Waals surface area contributed by atoms with Crippen molar-refractivity contribution < 1.29 is 9.53 Å². The number of amides is 2. The van der Waals surface area contributed by atoms with Crippen molar-refractivity contribution >= 4 is 23.3 Å². The molecule has 0 unspecified atom stereocenters. The Morgan fingerprint density at radius 2 is 2.09 bits per heavy atom. The first kappa shape index (κ1) is 15.6. The summed E-state index contributed by atoms with van der Waals surface area (Å²) in [6.07, 6.45) is 3.19. The Bertz CT molecular complexity index is 660. The molecule has 23 heavy (non-hydrogen) atoms. The summed E-state index contributed by atoms with van der Waals surface area (Å²) >= 11 is 5.92. The van der Waals surface area contributed by atoms with Crippen molar-refractivity contribution in [1.82, 2.24) is 15.1 Å². The number of benzene rings is 1. The third-order valence-electron chi connectivity index (χ3n) is 3.64. The minimum absolute atomic E-state index is 0.0573. The van der Waals surface area contributed by atoms with Gasteiger partial charge in [0.05, 0.1) is 0 Å². The van der Waals surface area contributed by atoms with Gasteiger partial charge in [-0.3, -0.25) is 0 Å². The second kappa shape index (κ2) is 7.28. The number of hydrogen-bond donors (Lipinski definition) is 1. The van der Waals surface area contributed by atoms with Crippen LogP contribution in [0.2, 0.25) is 5.02 Å². The summed E-state index contributed by atoms with van der Waals surface area (Å²) in [5.74, 6) is 0.523. The Balaban J connectivity index is 1.49. The molecule has 0 bridgehead atoms. The van der Waals surface area contributed by atoms with Crippen LogP contribution >= 0.6 is 11.6 Å². The molecule has 6 nitrogen and oxygen atoms in total. The monoisotopic (exact) mass is 332 g/mol. The van der Waals surface area contributed by atoms with Gasteiger partial charge in [0.1, 0.15) is 6.10 Å². The third-order valence-corrected chi connectivity index (χ3v) is 3.88. The molecule has 1 aromatic heterocycles. The van der Waals surface area contributed by atoms with E-state index in [1.54, 1.807) is 41.4 Å². The minimum atomic E-state index is -0.120. The highest BCUT2D eigenvalue weighted by Gasteiger charge is 2.24. The molecule has 0 spiro atoms. The van der Waals surface area contributed by atoms with Crippen LogP contribution in [0.5, 0.6) is 5.88 Å². The van der Waals surface area contributed by atoms with Gasteiger partial charge in [0.15, 0.2) is 0 Å². The van der Waals surface area contributed by atoms with Crippen LogP contribution in [0.25, 0.3) is 0 Å². The number of nitrogens with zero attached hydrogens (tertiary/aromatic N) is 3. The SMILES string of the molecule is O=C(Nc1cccc(Cl)c1)N1CCC(Oc2cccnn2)CC1. The molecule has 1 fully saturated rings. The van der Waals surface area contributed by atoms with Gasteiger partial charge in [0.25, 0.3) is 0 Å². The largest absolute Gasteiger partial charge is 0.473 e. The molecule has 1 aromatic carbocycles. The predicted octanol–water partition coefficient (Wildman–Crippen LogP) is 3.21. The molecule has 1 aliphatic rings.